The molecule has 4 amide bonds. The average molecular weight is 841 g/mol. The Morgan fingerprint density at radius 3 is 1.44 bits per heavy atom. The minimum atomic E-state index is -0.696. The predicted molar refractivity (Wildman–Crippen MR) is 236 cm³/mol. The predicted octanol–water partition coefficient (Wildman–Crippen LogP) is 7.82. The number of nitrogens with zero attached hydrogens (tertiary/aromatic N) is 4. The van der Waals surface area contributed by atoms with Gasteiger partial charge in [-0.25, -0.2) is 19.6 Å². The molecular weight excluding hydrogens is 789 g/mol. The van der Waals surface area contributed by atoms with Crippen molar-refractivity contribution >= 4 is 67.9 Å². The maximum absolute atomic E-state index is 13.7. The van der Waals surface area contributed by atoms with E-state index in [0.29, 0.717) is 13.1 Å². The Morgan fingerprint density at radius 1 is 0.597 bits per heavy atom. The molecule has 0 bridgehead atoms. The molecule has 9 rings (SSSR count). The van der Waals surface area contributed by atoms with E-state index in [0.717, 1.165) is 104 Å². The number of fused-ring (bicyclic) bond motifs is 4. The lowest BCUT2D eigenvalue weighted by Gasteiger charge is -2.29. The SMILES string of the molecule is COC(=O)N[C@H](C(=O)N1CCCC1c1nc2ccc(-c3cc4cc5cc(-c6ccc7nc(C8CCCN8C(=O)[C@H](NC(=O)OC)C(C)C)[nH]c7c6)[nH]c5cc4[nH]3)cc2[nH]1)C(C)C. The molecule has 6 heterocycles. The summed E-state index contributed by atoms with van der Waals surface area (Å²) in [5.74, 6) is 0.961. The first kappa shape index (κ1) is 40.6. The van der Waals surface area contributed by atoms with Crippen LogP contribution in [0.3, 0.4) is 0 Å². The number of hydrogen-bond acceptors (Lipinski definition) is 8. The number of likely N-dealkylation sites (tertiary alicyclic amines) is 2. The number of ether oxygens (including phenoxy) is 2. The summed E-state index contributed by atoms with van der Waals surface area (Å²) in [4.78, 5) is 79.1. The Labute approximate surface area is 357 Å². The highest BCUT2D eigenvalue weighted by Crippen LogP contribution is 2.37. The van der Waals surface area contributed by atoms with Crippen molar-refractivity contribution in [2.45, 2.75) is 77.5 Å². The van der Waals surface area contributed by atoms with Gasteiger partial charge in [0.25, 0.3) is 0 Å². The zero-order valence-corrected chi connectivity index (χ0v) is 35.7. The Bertz CT molecular complexity index is 2610. The zero-order chi connectivity index (χ0) is 43.4. The van der Waals surface area contributed by atoms with E-state index in [2.05, 4.69) is 79.1 Å². The molecule has 62 heavy (non-hydrogen) atoms. The Hall–Kier alpha value is -6.84. The lowest BCUT2D eigenvalue weighted by atomic mass is 10.0. The number of H-pyrrole nitrogens is 4. The van der Waals surface area contributed by atoms with E-state index in [1.165, 1.54) is 14.2 Å². The van der Waals surface area contributed by atoms with Crippen LogP contribution in [0.5, 0.6) is 0 Å². The molecule has 0 spiro atoms. The first-order chi connectivity index (χ1) is 29.9. The van der Waals surface area contributed by atoms with Crippen LogP contribution in [0.2, 0.25) is 0 Å². The van der Waals surface area contributed by atoms with Gasteiger partial charge in [0.15, 0.2) is 0 Å². The maximum Gasteiger partial charge on any atom is 0.407 e. The van der Waals surface area contributed by atoms with Crippen LogP contribution in [0, 0.1) is 11.8 Å². The largest absolute Gasteiger partial charge is 0.453 e. The van der Waals surface area contributed by atoms with Gasteiger partial charge in [-0.15, -0.1) is 0 Å². The number of rotatable bonds is 10. The first-order valence-corrected chi connectivity index (χ1v) is 21.3. The van der Waals surface area contributed by atoms with Crippen LogP contribution in [0.4, 0.5) is 9.59 Å². The molecule has 2 aliphatic heterocycles. The molecule has 0 radical (unpaired) electrons. The molecule has 0 aliphatic carbocycles. The van der Waals surface area contributed by atoms with Crippen molar-refractivity contribution < 1.29 is 28.7 Å². The summed E-state index contributed by atoms with van der Waals surface area (Å²) >= 11 is 0. The highest BCUT2D eigenvalue weighted by atomic mass is 16.5. The quantitative estimate of drug-likeness (QED) is 0.0799. The van der Waals surface area contributed by atoms with E-state index in [9.17, 15) is 19.2 Å². The molecule has 16 nitrogen and oxygen atoms in total. The number of alkyl carbamates (subject to hydrolysis) is 2. The molecule has 2 aliphatic rings. The Morgan fingerprint density at radius 2 is 1.03 bits per heavy atom. The zero-order valence-electron chi connectivity index (χ0n) is 35.7. The fourth-order valence-corrected chi connectivity index (χ4v) is 9.17. The van der Waals surface area contributed by atoms with Gasteiger partial charge in [-0.1, -0.05) is 39.8 Å². The second kappa shape index (κ2) is 16.2. The number of carbonyl (C=O) groups excluding carboxylic acids is 4. The van der Waals surface area contributed by atoms with Crippen molar-refractivity contribution in [2.75, 3.05) is 27.3 Å². The first-order valence-electron chi connectivity index (χ1n) is 21.3. The number of amides is 4. The van der Waals surface area contributed by atoms with Crippen molar-refractivity contribution in [1.82, 2.24) is 50.3 Å². The molecule has 2 fully saturated rings. The van der Waals surface area contributed by atoms with Gasteiger partial charge >= 0.3 is 12.2 Å². The standard InChI is InChI=1S/C46H52N10O6/c1-23(2)39(53-45(59)61-5)43(57)55-15-7-9-37(55)41-49-29-13-11-25(18-35(29)51-41)31-20-27-17-28-21-32(48-34(28)22-33(27)47-31)26-12-14-30-36(19-26)52-42(50-30)38-10-8-16-56(38)44(58)40(24(3)4)54-46(60)62-6/h11-14,17-24,37-40,47-48H,7-10,15-16H2,1-6H3,(H,49,51)(H,50,52)(H,53,59)(H,54,60)/t37?,38?,39-,40+. The van der Waals surface area contributed by atoms with Gasteiger partial charge in [0.1, 0.15) is 23.7 Å². The van der Waals surface area contributed by atoms with Crippen LogP contribution < -0.4 is 10.6 Å². The second-order valence-corrected chi connectivity index (χ2v) is 17.2. The molecule has 4 aromatic heterocycles. The number of imidazole rings is 2. The molecule has 7 aromatic rings. The summed E-state index contributed by atoms with van der Waals surface area (Å²) in [5.41, 5.74) is 9.34. The van der Waals surface area contributed by atoms with Crippen molar-refractivity contribution in [3.8, 4) is 22.5 Å². The number of nitrogens with one attached hydrogen (secondary N) is 6. The molecule has 6 N–H and O–H groups in total. The van der Waals surface area contributed by atoms with Gasteiger partial charge in [0, 0.05) is 57.4 Å². The summed E-state index contributed by atoms with van der Waals surface area (Å²) in [6.45, 7) is 8.80. The van der Waals surface area contributed by atoms with Gasteiger partial charge < -0.3 is 49.8 Å². The van der Waals surface area contributed by atoms with E-state index in [1.807, 2.05) is 49.6 Å². The second-order valence-electron chi connectivity index (χ2n) is 17.2. The van der Waals surface area contributed by atoms with E-state index in [1.54, 1.807) is 0 Å². The third-order valence-electron chi connectivity index (χ3n) is 12.5. The Kier molecular flexibility index (Phi) is 10.6. The Balaban J connectivity index is 0.929. The minimum Gasteiger partial charge on any atom is -0.453 e. The van der Waals surface area contributed by atoms with Gasteiger partial charge in [-0.3, -0.25) is 9.59 Å². The summed E-state index contributed by atoms with van der Waals surface area (Å²) in [6, 6.07) is 19.1. The van der Waals surface area contributed by atoms with Crippen molar-refractivity contribution in [2.24, 2.45) is 11.8 Å². The molecule has 3 aromatic carbocycles. The van der Waals surface area contributed by atoms with Crippen LogP contribution in [0.25, 0.3) is 66.4 Å². The lowest BCUT2D eigenvalue weighted by Crippen LogP contribution is -2.51. The van der Waals surface area contributed by atoms with E-state index in [4.69, 9.17) is 19.4 Å². The maximum atomic E-state index is 13.7. The minimum absolute atomic E-state index is 0.112. The van der Waals surface area contributed by atoms with Crippen LogP contribution in [0.1, 0.15) is 77.1 Å². The number of aromatic amines is 4. The lowest BCUT2D eigenvalue weighted by molar-refractivity contribution is -0.136. The molecule has 2 unspecified atom stereocenters. The average Bonchev–Trinajstić information content (AvgIpc) is 4.12. The van der Waals surface area contributed by atoms with Crippen LogP contribution in [0.15, 0.2) is 60.7 Å². The fraction of sp³-hybridized carbons (Fsp3) is 0.391. The van der Waals surface area contributed by atoms with Gasteiger partial charge in [0.2, 0.25) is 11.8 Å². The normalized spacial score (nSPS) is 17.8. The molecule has 4 atom stereocenters. The van der Waals surface area contributed by atoms with Gasteiger partial charge in [-0.2, -0.15) is 0 Å². The van der Waals surface area contributed by atoms with Gasteiger partial charge in [0.05, 0.1) is 48.4 Å². The topological polar surface area (TPSA) is 206 Å². The number of carbonyl (C=O) groups is 4. The molecule has 0 saturated carbocycles. The monoisotopic (exact) mass is 840 g/mol. The molecule has 2 saturated heterocycles. The summed E-state index contributed by atoms with van der Waals surface area (Å²) < 4.78 is 9.57. The molecular formula is C46H52N10O6. The van der Waals surface area contributed by atoms with Crippen LogP contribution in [-0.2, 0) is 19.1 Å². The smallest absolute Gasteiger partial charge is 0.407 e. The van der Waals surface area contributed by atoms with E-state index in [-0.39, 0.29) is 35.7 Å². The molecule has 16 heteroatoms. The van der Waals surface area contributed by atoms with Crippen molar-refractivity contribution in [3.05, 3.63) is 72.3 Å². The van der Waals surface area contributed by atoms with Crippen molar-refractivity contribution in [3.63, 3.8) is 0 Å². The number of benzene rings is 3. The van der Waals surface area contributed by atoms with Crippen LogP contribution in [-0.4, -0.2) is 103 Å². The highest BCUT2D eigenvalue weighted by molar-refractivity contribution is 6.00. The number of hydrogen-bond donors (Lipinski definition) is 6. The summed E-state index contributed by atoms with van der Waals surface area (Å²) in [6.07, 6.45) is 1.99. The summed E-state index contributed by atoms with van der Waals surface area (Å²) in [5, 5.41) is 7.58. The third kappa shape index (κ3) is 7.47. The van der Waals surface area contributed by atoms with Gasteiger partial charge in [-0.05, 0) is 86.1 Å². The molecule has 322 valence electrons. The van der Waals surface area contributed by atoms with E-state index < -0.39 is 24.3 Å². The van der Waals surface area contributed by atoms with Crippen LogP contribution >= 0.6 is 0 Å². The third-order valence-corrected chi connectivity index (χ3v) is 12.5. The summed E-state index contributed by atoms with van der Waals surface area (Å²) in [7, 11) is 2.59. The van der Waals surface area contributed by atoms with Crippen molar-refractivity contribution in [1.29, 1.82) is 0 Å². The van der Waals surface area contributed by atoms with E-state index >= 15 is 0 Å². The number of aromatic nitrogens is 6. The number of methoxy groups -OCH3 is 2. The fourth-order valence-electron chi connectivity index (χ4n) is 9.17. The highest BCUT2D eigenvalue weighted by Gasteiger charge is 2.39.